The molecule has 0 radical (unpaired) electrons. The SMILES string of the molecule is CCN(CC)S(=O)(=O)c1cccnc1NN=Cc1ccc(O)c(O)c1. The molecule has 1 heterocycles. The molecule has 0 aliphatic heterocycles. The number of aromatic hydroxyl groups is 2. The van der Waals surface area contributed by atoms with Crippen molar-refractivity contribution in [3.05, 3.63) is 42.1 Å². The number of nitrogens with one attached hydrogen (secondary N) is 1. The number of anilines is 1. The largest absolute Gasteiger partial charge is 0.504 e. The van der Waals surface area contributed by atoms with Crippen LogP contribution in [-0.4, -0.2) is 47.2 Å². The van der Waals surface area contributed by atoms with Gasteiger partial charge in [0.25, 0.3) is 0 Å². The number of hydrogen-bond acceptors (Lipinski definition) is 7. The molecule has 134 valence electrons. The number of benzene rings is 1. The molecule has 0 fully saturated rings. The van der Waals surface area contributed by atoms with Gasteiger partial charge in [0.2, 0.25) is 10.0 Å². The van der Waals surface area contributed by atoms with Gasteiger partial charge < -0.3 is 10.2 Å². The smallest absolute Gasteiger partial charge is 0.246 e. The molecule has 0 bridgehead atoms. The molecule has 0 aliphatic carbocycles. The summed E-state index contributed by atoms with van der Waals surface area (Å²) in [6.45, 7) is 4.23. The normalized spacial score (nSPS) is 12.0. The molecule has 2 aromatic rings. The lowest BCUT2D eigenvalue weighted by Gasteiger charge is -2.19. The number of hydrazone groups is 1. The second-order valence-corrected chi connectivity index (χ2v) is 6.96. The first-order valence-corrected chi connectivity index (χ1v) is 9.10. The van der Waals surface area contributed by atoms with Gasteiger partial charge in [0.1, 0.15) is 4.90 Å². The van der Waals surface area contributed by atoms with E-state index in [1.54, 1.807) is 26.0 Å². The summed E-state index contributed by atoms with van der Waals surface area (Å²) in [5.41, 5.74) is 3.13. The minimum atomic E-state index is -3.68. The lowest BCUT2D eigenvalue weighted by Crippen LogP contribution is -2.31. The van der Waals surface area contributed by atoms with Crippen molar-refractivity contribution in [2.24, 2.45) is 5.10 Å². The molecule has 1 aromatic heterocycles. The third-order valence-corrected chi connectivity index (χ3v) is 5.56. The van der Waals surface area contributed by atoms with Gasteiger partial charge in [-0.2, -0.15) is 9.41 Å². The van der Waals surface area contributed by atoms with E-state index in [-0.39, 0.29) is 22.2 Å². The van der Waals surface area contributed by atoms with Gasteiger partial charge in [-0.3, -0.25) is 5.43 Å². The van der Waals surface area contributed by atoms with Crippen LogP contribution in [-0.2, 0) is 10.0 Å². The van der Waals surface area contributed by atoms with E-state index < -0.39 is 10.0 Å². The van der Waals surface area contributed by atoms with E-state index in [0.717, 1.165) is 0 Å². The highest BCUT2D eigenvalue weighted by Gasteiger charge is 2.25. The first kappa shape index (κ1) is 18.7. The van der Waals surface area contributed by atoms with Crippen molar-refractivity contribution in [1.82, 2.24) is 9.29 Å². The van der Waals surface area contributed by atoms with E-state index in [1.807, 2.05) is 0 Å². The molecule has 0 amide bonds. The van der Waals surface area contributed by atoms with Crippen LogP contribution in [0.15, 0.2) is 46.5 Å². The topological polar surface area (TPSA) is 115 Å². The zero-order valence-corrected chi connectivity index (χ0v) is 14.7. The molecule has 8 nitrogen and oxygen atoms in total. The van der Waals surface area contributed by atoms with Gasteiger partial charge in [-0.15, -0.1) is 0 Å². The van der Waals surface area contributed by atoms with E-state index in [0.29, 0.717) is 18.7 Å². The Morgan fingerprint density at radius 3 is 2.56 bits per heavy atom. The highest BCUT2D eigenvalue weighted by atomic mass is 32.2. The predicted molar refractivity (Wildman–Crippen MR) is 95.3 cm³/mol. The maximum Gasteiger partial charge on any atom is 0.246 e. The molecule has 0 unspecified atom stereocenters. The number of rotatable bonds is 7. The van der Waals surface area contributed by atoms with Crippen LogP contribution in [0.4, 0.5) is 5.82 Å². The van der Waals surface area contributed by atoms with Crippen LogP contribution >= 0.6 is 0 Å². The van der Waals surface area contributed by atoms with Crippen molar-refractivity contribution in [2.45, 2.75) is 18.7 Å². The van der Waals surface area contributed by atoms with Gasteiger partial charge in [-0.05, 0) is 35.9 Å². The Kier molecular flexibility index (Phi) is 5.94. The van der Waals surface area contributed by atoms with Crippen molar-refractivity contribution < 1.29 is 18.6 Å². The number of nitrogens with zero attached hydrogens (tertiary/aromatic N) is 3. The predicted octanol–water partition coefficient (Wildman–Crippen LogP) is 1.97. The summed E-state index contributed by atoms with van der Waals surface area (Å²) >= 11 is 0. The summed E-state index contributed by atoms with van der Waals surface area (Å²) < 4.78 is 26.7. The summed E-state index contributed by atoms with van der Waals surface area (Å²) in [6, 6.07) is 7.21. The van der Waals surface area contributed by atoms with Gasteiger partial charge in [0.05, 0.1) is 6.21 Å². The molecule has 0 spiro atoms. The maximum absolute atomic E-state index is 12.7. The Hall–Kier alpha value is -2.65. The Bertz CT molecular complexity index is 864. The molecular weight excluding hydrogens is 344 g/mol. The fourth-order valence-electron chi connectivity index (χ4n) is 2.17. The summed E-state index contributed by atoms with van der Waals surface area (Å²) in [5, 5.41) is 22.7. The Labute approximate surface area is 146 Å². The number of sulfonamides is 1. The Morgan fingerprint density at radius 2 is 1.92 bits per heavy atom. The molecule has 2 rings (SSSR count). The molecule has 0 saturated heterocycles. The average Bonchev–Trinajstić information content (AvgIpc) is 2.59. The summed E-state index contributed by atoms with van der Waals surface area (Å²) in [4.78, 5) is 4.07. The third kappa shape index (κ3) is 4.25. The fourth-order valence-corrected chi connectivity index (χ4v) is 3.73. The second kappa shape index (κ2) is 7.95. The molecule has 3 N–H and O–H groups in total. The average molecular weight is 364 g/mol. The molecule has 25 heavy (non-hydrogen) atoms. The standard InChI is InChI=1S/C16H20N4O4S/c1-3-20(4-2)25(23,24)15-6-5-9-17-16(15)19-18-11-12-7-8-13(21)14(22)10-12/h5-11,21-22H,3-4H2,1-2H3,(H,17,19). The van der Waals surface area contributed by atoms with Crippen LogP contribution < -0.4 is 5.43 Å². The second-order valence-electron chi connectivity index (χ2n) is 5.06. The lowest BCUT2D eigenvalue weighted by molar-refractivity contribution is 0.403. The molecule has 0 atom stereocenters. The number of phenolic OH excluding ortho intramolecular Hbond substituents is 2. The number of aromatic nitrogens is 1. The van der Waals surface area contributed by atoms with Crippen molar-refractivity contribution in [3.8, 4) is 11.5 Å². The van der Waals surface area contributed by atoms with Gasteiger partial charge in [0.15, 0.2) is 17.3 Å². The first-order chi connectivity index (χ1) is 11.9. The van der Waals surface area contributed by atoms with Crippen molar-refractivity contribution in [1.29, 1.82) is 0 Å². The van der Waals surface area contributed by atoms with Crippen molar-refractivity contribution in [3.63, 3.8) is 0 Å². The lowest BCUT2D eigenvalue weighted by atomic mass is 10.2. The Balaban J connectivity index is 2.26. The first-order valence-electron chi connectivity index (χ1n) is 7.66. The van der Waals surface area contributed by atoms with E-state index >= 15 is 0 Å². The number of phenols is 2. The third-order valence-electron chi connectivity index (χ3n) is 3.48. The fraction of sp³-hybridized carbons (Fsp3) is 0.250. The highest BCUT2D eigenvalue weighted by Crippen LogP contribution is 2.24. The monoisotopic (exact) mass is 364 g/mol. The van der Waals surface area contributed by atoms with Crippen LogP contribution in [0.3, 0.4) is 0 Å². The highest BCUT2D eigenvalue weighted by molar-refractivity contribution is 7.89. The molecule has 1 aromatic carbocycles. The molecular formula is C16H20N4O4S. The zero-order chi connectivity index (χ0) is 18.4. The van der Waals surface area contributed by atoms with Crippen LogP contribution in [0.2, 0.25) is 0 Å². The van der Waals surface area contributed by atoms with Gasteiger partial charge in [-0.25, -0.2) is 13.4 Å². The van der Waals surface area contributed by atoms with E-state index in [9.17, 15) is 18.6 Å². The summed E-state index contributed by atoms with van der Waals surface area (Å²) in [6.07, 6.45) is 2.84. The molecule has 9 heteroatoms. The summed E-state index contributed by atoms with van der Waals surface area (Å²) in [5.74, 6) is -0.400. The van der Waals surface area contributed by atoms with Crippen molar-refractivity contribution >= 4 is 22.1 Å². The van der Waals surface area contributed by atoms with Gasteiger partial charge >= 0.3 is 0 Å². The minimum Gasteiger partial charge on any atom is -0.504 e. The van der Waals surface area contributed by atoms with Crippen LogP contribution in [0.1, 0.15) is 19.4 Å². The van der Waals surface area contributed by atoms with Crippen molar-refractivity contribution in [2.75, 3.05) is 18.5 Å². The minimum absolute atomic E-state index is 0.0319. The van der Waals surface area contributed by atoms with Crippen LogP contribution in [0.25, 0.3) is 0 Å². The molecule has 0 saturated carbocycles. The van der Waals surface area contributed by atoms with Crippen LogP contribution in [0, 0.1) is 0 Å². The van der Waals surface area contributed by atoms with Gasteiger partial charge in [0, 0.05) is 19.3 Å². The van der Waals surface area contributed by atoms with Gasteiger partial charge in [-0.1, -0.05) is 13.8 Å². The van der Waals surface area contributed by atoms with Crippen LogP contribution in [0.5, 0.6) is 11.5 Å². The van der Waals surface area contributed by atoms with E-state index in [4.69, 9.17) is 0 Å². The quantitative estimate of drug-likeness (QED) is 0.393. The molecule has 0 aliphatic rings. The number of hydrogen-bond donors (Lipinski definition) is 3. The maximum atomic E-state index is 12.7. The zero-order valence-electron chi connectivity index (χ0n) is 13.9. The summed E-state index contributed by atoms with van der Waals surface area (Å²) in [7, 11) is -3.68. The van der Waals surface area contributed by atoms with E-state index in [1.165, 1.54) is 34.9 Å². The number of pyridine rings is 1. The van der Waals surface area contributed by atoms with E-state index in [2.05, 4.69) is 15.5 Å². The Morgan fingerprint density at radius 1 is 1.20 bits per heavy atom.